The first kappa shape index (κ1) is 21.7. The van der Waals surface area contributed by atoms with Crippen LogP contribution in [-0.2, 0) is 16.0 Å². The van der Waals surface area contributed by atoms with Crippen molar-refractivity contribution >= 4 is 17.6 Å². The van der Waals surface area contributed by atoms with Crippen molar-refractivity contribution in [3.63, 3.8) is 0 Å². The molecule has 1 aliphatic heterocycles. The quantitative estimate of drug-likeness (QED) is 0.631. The van der Waals surface area contributed by atoms with E-state index in [9.17, 15) is 14.0 Å². The van der Waals surface area contributed by atoms with E-state index >= 15 is 0 Å². The third kappa shape index (κ3) is 5.19. The molecule has 0 bridgehead atoms. The van der Waals surface area contributed by atoms with Crippen LogP contribution in [0.25, 0.3) is 11.3 Å². The van der Waals surface area contributed by atoms with Gasteiger partial charge in [0.1, 0.15) is 11.6 Å². The minimum Gasteiger partial charge on any atom is -0.441 e. The van der Waals surface area contributed by atoms with Crippen LogP contribution >= 0.6 is 0 Å². The molecule has 0 radical (unpaired) electrons. The average Bonchev–Trinajstić information content (AvgIpc) is 3.28. The molecule has 4 rings (SSSR count). The summed E-state index contributed by atoms with van der Waals surface area (Å²) < 4.78 is 18.8. The third-order valence-corrected chi connectivity index (χ3v) is 5.63. The molecule has 0 aliphatic carbocycles. The predicted molar refractivity (Wildman–Crippen MR) is 117 cm³/mol. The predicted octanol–water partition coefficient (Wildman–Crippen LogP) is 3.99. The van der Waals surface area contributed by atoms with Crippen LogP contribution in [0.4, 0.5) is 10.2 Å². The molecule has 1 saturated heterocycles. The van der Waals surface area contributed by atoms with Crippen LogP contribution in [-0.4, -0.2) is 39.8 Å². The van der Waals surface area contributed by atoms with E-state index in [-0.39, 0.29) is 30.0 Å². The van der Waals surface area contributed by atoms with Gasteiger partial charge in [-0.2, -0.15) is 0 Å². The number of pyridine rings is 1. The number of oxazole rings is 1. The number of hydrogen-bond donors (Lipinski definition) is 1. The maximum absolute atomic E-state index is 13.1. The van der Waals surface area contributed by atoms with E-state index in [1.807, 2.05) is 19.1 Å². The molecule has 7 nitrogen and oxygen atoms in total. The third-order valence-electron chi connectivity index (χ3n) is 5.63. The number of likely N-dealkylation sites (tertiary alicyclic amines) is 1. The lowest BCUT2D eigenvalue weighted by molar-refractivity contribution is -0.134. The normalized spacial score (nSPS) is 16.1. The second-order valence-corrected chi connectivity index (χ2v) is 7.96. The number of rotatable bonds is 6. The molecule has 1 atom stereocenters. The number of nitrogens with one attached hydrogen (secondary N) is 1. The summed E-state index contributed by atoms with van der Waals surface area (Å²) in [5.74, 6) is 0.825. The molecule has 3 aromatic rings. The number of aryl methyl sites for hydroxylation is 2. The number of benzene rings is 1. The number of anilines is 1. The zero-order valence-corrected chi connectivity index (χ0v) is 17.9. The molecule has 1 unspecified atom stereocenters. The number of carbonyl (C=O) groups excluding carboxylic acids is 2. The van der Waals surface area contributed by atoms with E-state index in [0.29, 0.717) is 37.0 Å². The lowest BCUT2D eigenvalue weighted by atomic mass is 9.96. The first-order valence-electron chi connectivity index (χ1n) is 10.7. The average molecular weight is 436 g/mol. The zero-order chi connectivity index (χ0) is 22.5. The fourth-order valence-corrected chi connectivity index (χ4v) is 3.80. The monoisotopic (exact) mass is 436 g/mol. The van der Waals surface area contributed by atoms with E-state index in [0.717, 1.165) is 24.0 Å². The highest BCUT2D eigenvalue weighted by molar-refractivity contribution is 5.93. The summed E-state index contributed by atoms with van der Waals surface area (Å²) in [6, 6.07) is 9.68. The molecular weight excluding hydrogens is 411 g/mol. The maximum atomic E-state index is 13.1. The fourth-order valence-electron chi connectivity index (χ4n) is 3.80. The molecule has 2 amide bonds. The van der Waals surface area contributed by atoms with E-state index < -0.39 is 0 Å². The molecule has 1 aliphatic rings. The molecule has 32 heavy (non-hydrogen) atoms. The Balaban J connectivity index is 1.30. The minimum atomic E-state index is -0.317. The second-order valence-electron chi connectivity index (χ2n) is 7.96. The van der Waals surface area contributed by atoms with Crippen LogP contribution in [0.3, 0.4) is 0 Å². The number of piperidine rings is 1. The summed E-state index contributed by atoms with van der Waals surface area (Å²) in [6.07, 6.45) is 5.34. The van der Waals surface area contributed by atoms with Crippen LogP contribution in [0.1, 0.15) is 30.7 Å². The maximum Gasteiger partial charge on any atom is 0.230 e. The molecule has 0 saturated carbocycles. The summed E-state index contributed by atoms with van der Waals surface area (Å²) in [5.41, 5.74) is 1.63. The zero-order valence-electron chi connectivity index (χ0n) is 17.9. The number of hydrogen-bond acceptors (Lipinski definition) is 5. The van der Waals surface area contributed by atoms with Crippen molar-refractivity contribution in [3.05, 3.63) is 66.1 Å². The molecule has 8 heteroatoms. The lowest BCUT2D eigenvalue weighted by Gasteiger charge is -2.32. The summed E-state index contributed by atoms with van der Waals surface area (Å²) in [6.45, 7) is 2.92. The lowest BCUT2D eigenvalue weighted by Crippen LogP contribution is -2.44. The molecule has 1 fully saturated rings. The Bertz CT molecular complexity index is 1100. The largest absolute Gasteiger partial charge is 0.441 e. The highest BCUT2D eigenvalue weighted by Gasteiger charge is 2.28. The van der Waals surface area contributed by atoms with Gasteiger partial charge in [0.25, 0.3) is 0 Å². The smallest absolute Gasteiger partial charge is 0.230 e. The van der Waals surface area contributed by atoms with Crippen LogP contribution in [0.5, 0.6) is 0 Å². The van der Waals surface area contributed by atoms with E-state index in [1.54, 1.807) is 29.4 Å². The van der Waals surface area contributed by atoms with Crippen molar-refractivity contribution in [2.45, 2.75) is 32.6 Å². The van der Waals surface area contributed by atoms with E-state index in [2.05, 4.69) is 15.3 Å². The van der Waals surface area contributed by atoms with Crippen molar-refractivity contribution in [1.82, 2.24) is 14.9 Å². The fraction of sp³-hybridized carbons (Fsp3) is 0.333. The highest BCUT2D eigenvalue weighted by atomic mass is 19.1. The number of carbonyl (C=O) groups is 2. The summed E-state index contributed by atoms with van der Waals surface area (Å²) in [7, 11) is 0. The van der Waals surface area contributed by atoms with Gasteiger partial charge in [0.15, 0.2) is 11.7 Å². The molecule has 3 heterocycles. The molecule has 2 aromatic heterocycles. The van der Waals surface area contributed by atoms with Crippen molar-refractivity contribution in [3.8, 4) is 11.3 Å². The van der Waals surface area contributed by atoms with Crippen LogP contribution in [0.2, 0.25) is 0 Å². The van der Waals surface area contributed by atoms with Gasteiger partial charge in [0, 0.05) is 37.7 Å². The van der Waals surface area contributed by atoms with Gasteiger partial charge in [0.05, 0.1) is 12.1 Å². The van der Waals surface area contributed by atoms with Crippen molar-refractivity contribution in [2.75, 3.05) is 18.4 Å². The summed E-state index contributed by atoms with van der Waals surface area (Å²) in [4.78, 5) is 35.6. The highest BCUT2D eigenvalue weighted by Crippen LogP contribution is 2.23. The molecule has 166 valence electrons. The van der Waals surface area contributed by atoms with Gasteiger partial charge in [-0.25, -0.2) is 14.4 Å². The van der Waals surface area contributed by atoms with Crippen LogP contribution in [0.15, 0.2) is 53.2 Å². The topological polar surface area (TPSA) is 88.3 Å². The van der Waals surface area contributed by atoms with Gasteiger partial charge < -0.3 is 14.6 Å². The molecule has 1 N–H and O–H groups in total. The number of aromatic nitrogens is 2. The summed E-state index contributed by atoms with van der Waals surface area (Å²) >= 11 is 0. The van der Waals surface area contributed by atoms with Gasteiger partial charge in [0.2, 0.25) is 11.8 Å². The van der Waals surface area contributed by atoms with Gasteiger partial charge in [-0.15, -0.1) is 0 Å². The Hall–Kier alpha value is -3.55. The van der Waals surface area contributed by atoms with Crippen LogP contribution < -0.4 is 5.32 Å². The Morgan fingerprint density at radius 2 is 2.03 bits per heavy atom. The SMILES string of the molecule is Cc1cccnc1NC(=O)C1CCCN(C(=O)CCc2ncc(-c3ccc(F)cc3)o2)C1. The Labute approximate surface area is 185 Å². The van der Waals surface area contributed by atoms with E-state index in [4.69, 9.17) is 4.42 Å². The van der Waals surface area contributed by atoms with Gasteiger partial charge in [-0.1, -0.05) is 6.07 Å². The van der Waals surface area contributed by atoms with Gasteiger partial charge in [-0.05, 0) is 55.7 Å². The first-order chi connectivity index (χ1) is 15.5. The van der Waals surface area contributed by atoms with Crippen molar-refractivity contribution in [2.24, 2.45) is 5.92 Å². The summed E-state index contributed by atoms with van der Waals surface area (Å²) in [5, 5.41) is 2.88. The standard InChI is InChI=1S/C24H25FN4O3/c1-16-4-2-12-26-23(16)28-24(31)18-5-3-13-29(15-18)22(30)11-10-21-27-14-20(32-21)17-6-8-19(25)9-7-17/h2,4,6-9,12,14,18H,3,5,10-11,13,15H2,1H3,(H,26,28,31). The Morgan fingerprint density at radius 1 is 1.22 bits per heavy atom. The number of nitrogens with zero attached hydrogens (tertiary/aromatic N) is 3. The second kappa shape index (κ2) is 9.72. The molecular formula is C24H25FN4O3. The molecule has 1 aromatic carbocycles. The Morgan fingerprint density at radius 3 is 2.81 bits per heavy atom. The first-order valence-corrected chi connectivity index (χ1v) is 10.7. The van der Waals surface area contributed by atoms with Crippen molar-refractivity contribution in [1.29, 1.82) is 0 Å². The van der Waals surface area contributed by atoms with E-state index in [1.165, 1.54) is 12.1 Å². The van der Waals surface area contributed by atoms with Gasteiger partial charge in [-0.3, -0.25) is 9.59 Å². The minimum absolute atomic E-state index is 0.0296. The Kier molecular flexibility index (Phi) is 6.58. The van der Waals surface area contributed by atoms with Crippen molar-refractivity contribution < 1.29 is 18.4 Å². The van der Waals surface area contributed by atoms with Gasteiger partial charge >= 0.3 is 0 Å². The molecule has 0 spiro atoms. The number of amides is 2. The van der Waals surface area contributed by atoms with Crippen LogP contribution in [0, 0.1) is 18.7 Å². The number of halogens is 1.